The van der Waals surface area contributed by atoms with Crippen molar-refractivity contribution in [2.75, 3.05) is 24.3 Å². The van der Waals surface area contributed by atoms with Crippen LogP contribution in [0.1, 0.15) is 18.1 Å². The number of nitrogens with two attached hydrogens (primary N) is 1. The maximum atomic E-state index is 12.8. The van der Waals surface area contributed by atoms with E-state index in [4.69, 9.17) is 15.2 Å². The standard InChI is InChI=1S/C19H22N2O3/c1-4-21-15-7-5-12(2)9-17(15)24-18(19(21)22)11-13-6-8-16(23-3)14(20)10-13/h5-10,18H,4,11,20H2,1-3H3. The molecule has 126 valence electrons. The fourth-order valence-electron chi connectivity index (χ4n) is 3.01. The average Bonchev–Trinajstić information content (AvgIpc) is 2.56. The summed E-state index contributed by atoms with van der Waals surface area (Å²) in [5.41, 5.74) is 9.40. The van der Waals surface area contributed by atoms with Crippen molar-refractivity contribution in [2.24, 2.45) is 0 Å². The van der Waals surface area contributed by atoms with Crippen molar-refractivity contribution in [1.82, 2.24) is 0 Å². The number of anilines is 2. The lowest BCUT2D eigenvalue weighted by molar-refractivity contribution is -0.126. The van der Waals surface area contributed by atoms with Gasteiger partial charge in [0.2, 0.25) is 0 Å². The van der Waals surface area contributed by atoms with Gasteiger partial charge >= 0.3 is 0 Å². The molecule has 0 saturated heterocycles. The van der Waals surface area contributed by atoms with Crippen LogP contribution in [0.3, 0.4) is 0 Å². The third-order valence-electron chi connectivity index (χ3n) is 4.25. The van der Waals surface area contributed by atoms with Crippen molar-refractivity contribution in [1.29, 1.82) is 0 Å². The number of hydrogen-bond donors (Lipinski definition) is 1. The highest BCUT2D eigenvalue weighted by Gasteiger charge is 2.33. The molecule has 2 aromatic rings. The summed E-state index contributed by atoms with van der Waals surface area (Å²) >= 11 is 0. The Hall–Kier alpha value is -2.69. The van der Waals surface area contributed by atoms with Crippen molar-refractivity contribution in [2.45, 2.75) is 26.4 Å². The number of carbonyl (C=O) groups is 1. The van der Waals surface area contributed by atoms with Gasteiger partial charge in [-0.15, -0.1) is 0 Å². The summed E-state index contributed by atoms with van der Waals surface area (Å²) in [6, 6.07) is 11.5. The van der Waals surface area contributed by atoms with Gasteiger partial charge in [0.05, 0.1) is 18.5 Å². The quantitative estimate of drug-likeness (QED) is 0.877. The highest BCUT2D eigenvalue weighted by molar-refractivity contribution is 6.00. The molecule has 1 amide bonds. The predicted octanol–water partition coefficient (Wildman–Crippen LogP) is 2.94. The largest absolute Gasteiger partial charge is 0.495 e. The van der Waals surface area contributed by atoms with Gasteiger partial charge in [0.1, 0.15) is 11.5 Å². The Morgan fingerprint density at radius 1 is 1.25 bits per heavy atom. The van der Waals surface area contributed by atoms with E-state index in [0.717, 1.165) is 22.6 Å². The summed E-state index contributed by atoms with van der Waals surface area (Å²) < 4.78 is 11.2. The minimum Gasteiger partial charge on any atom is -0.495 e. The third-order valence-corrected chi connectivity index (χ3v) is 4.25. The second-order valence-electron chi connectivity index (χ2n) is 5.94. The zero-order valence-corrected chi connectivity index (χ0v) is 14.2. The van der Waals surface area contributed by atoms with Gasteiger partial charge in [0.15, 0.2) is 6.10 Å². The summed E-state index contributed by atoms with van der Waals surface area (Å²) in [7, 11) is 1.58. The summed E-state index contributed by atoms with van der Waals surface area (Å²) in [5, 5.41) is 0. The first-order chi connectivity index (χ1) is 11.5. The fourth-order valence-corrected chi connectivity index (χ4v) is 3.01. The van der Waals surface area contributed by atoms with Crippen LogP contribution in [0.4, 0.5) is 11.4 Å². The second kappa shape index (κ2) is 6.43. The lowest BCUT2D eigenvalue weighted by atomic mass is 10.0. The smallest absolute Gasteiger partial charge is 0.268 e. The van der Waals surface area contributed by atoms with E-state index in [1.807, 2.05) is 50.2 Å². The lowest BCUT2D eigenvalue weighted by Gasteiger charge is -2.34. The van der Waals surface area contributed by atoms with E-state index in [1.54, 1.807) is 12.0 Å². The molecular formula is C19H22N2O3. The van der Waals surface area contributed by atoms with E-state index in [1.165, 1.54) is 0 Å². The maximum Gasteiger partial charge on any atom is 0.268 e. The molecule has 0 saturated carbocycles. The van der Waals surface area contributed by atoms with Crippen LogP contribution in [-0.2, 0) is 11.2 Å². The molecule has 1 aliphatic heterocycles. The minimum absolute atomic E-state index is 0.0248. The van der Waals surface area contributed by atoms with Crippen LogP contribution < -0.4 is 20.1 Å². The van der Waals surface area contributed by atoms with Crippen molar-refractivity contribution in [3.63, 3.8) is 0 Å². The highest BCUT2D eigenvalue weighted by Crippen LogP contribution is 2.35. The molecule has 0 bridgehead atoms. The molecular weight excluding hydrogens is 304 g/mol. The first-order valence-electron chi connectivity index (χ1n) is 8.04. The van der Waals surface area contributed by atoms with Crippen molar-refractivity contribution in [3.05, 3.63) is 47.5 Å². The Balaban J connectivity index is 1.89. The number of ether oxygens (including phenoxy) is 2. The van der Waals surface area contributed by atoms with E-state index in [2.05, 4.69) is 0 Å². The monoisotopic (exact) mass is 326 g/mol. The first kappa shape index (κ1) is 16.2. The number of fused-ring (bicyclic) bond motifs is 1. The van der Waals surface area contributed by atoms with Crippen molar-refractivity contribution in [3.8, 4) is 11.5 Å². The van der Waals surface area contributed by atoms with Crippen LogP contribution >= 0.6 is 0 Å². The molecule has 2 N–H and O–H groups in total. The zero-order valence-electron chi connectivity index (χ0n) is 14.2. The van der Waals surface area contributed by atoms with Gasteiger partial charge in [-0.2, -0.15) is 0 Å². The minimum atomic E-state index is -0.549. The number of nitrogens with zero attached hydrogens (tertiary/aromatic N) is 1. The highest BCUT2D eigenvalue weighted by atomic mass is 16.5. The number of nitrogen functional groups attached to an aromatic ring is 1. The van der Waals surface area contributed by atoms with Crippen LogP contribution in [0.5, 0.6) is 11.5 Å². The number of benzene rings is 2. The molecule has 3 rings (SSSR count). The Morgan fingerprint density at radius 2 is 2.04 bits per heavy atom. The molecule has 0 radical (unpaired) electrons. The van der Waals surface area contributed by atoms with Crippen LogP contribution in [-0.4, -0.2) is 25.7 Å². The van der Waals surface area contributed by atoms with E-state index in [0.29, 0.717) is 24.4 Å². The number of amides is 1. The molecule has 0 spiro atoms. The first-order valence-corrected chi connectivity index (χ1v) is 8.04. The molecule has 1 heterocycles. The number of hydrogen-bond acceptors (Lipinski definition) is 4. The molecule has 2 aromatic carbocycles. The number of likely N-dealkylation sites (N-methyl/N-ethyl adjacent to an activating group) is 1. The van der Waals surface area contributed by atoms with Gasteiger partial charge in [-0.25, -0.2) is 0 Å². The third kappa shape index (κ3) is 2.89. The van der Waals surface area contributed by atoms with Crippen LogP contribution in [0, 0.1) is 6.92 Å². The Kier molecular flexibility index (Phi) is 4.34. The van der Waals surface area contributed by atoms with Crippen molar-refractivity contribution >= 4 is 17.3 Å². The van der Waals surface area contributed by atoms with E-state index in [9.17, 15) is 4.79 Å². The van der Waals surface area contributed by atoms with Crippen LogP contribution in [0.25, 0.3) is 0 Å². The van der Waals surface area contributed by atoms with E-state index < -0.39 is 6.10 Å². The van der Waals surface area contributed by atoms with Crippen LogP contribution in [0.2, 0.25) is 0 Å². The topological polar surface area (TPSA) is 64.8 Å². The zero-order chi connectivity index (χ0) is 17.3. The predicted molar refractivity (Wildman–Crippen MR) is 94.7 cm³/mol. The Bertz CT molecular complexity index is 773. The van der Waals surface area contributed by atoms with Gasteiger partial charge in [-0.1, -0.05) is 12.1 Å². The van der Waals surface area contributed by atoms with Gasteiger partial charge < -0.3 is 20.1 Å². The molecule has 5 nitrogen and oxygen atoms in total. The van der Waals surface area contributed by atoms with E-state index >= 15 is 0 Å². The molecule has 1 unspecified atom stereocenters. The van der Waals surface area contributed by atoms with E-state index in [-0.39, 0.29) is 5.91 Å². The average molecular weight is 326 g/mol. The Morgan fingerprint density at radius 3 is 2.71 bits per heavy atom. The normalized spacial score (nSPS) is 16.5. The number of aryl methyl sites for hydroxylation is 1. The fraction of sp³-hybridized carbons (Fsp3) is 0.316. The molecule has 1 aliphatic rings. The molecule has 0 aromatic heterocycles. The summed E-state index contributed by atoms with van der Waals surface area (Å²) in [6.07, 6.45) is -0.0799. The molecule has 24 heavy (non-hydrogen) atoms. The molecule has 0 fully saturated rings. The second-order valence-corrected chi connectivity index (χ2v) is 5.94. The van der Waals surface area contributed by atoms with Gasteiger partial charge in [-0.3, -0.25) is 4.79 Å². The van der Waals surface area contributed by atoms with Crippen molar-refractivity contribution < 1.29 is 14.3 Å². The molecule has 0 aliphatic carbocycles. The SMILES string of the molecule is CCN1C(=O)C(Cc2ccc(OC)c(N)c2)Oc2cc(C)ccc21. The summed E-state index contributed by atoms with van der Waals surface area (Å²) in [5.74, 6) is 1.36. The van der Waals surface area contributed by atoms with Gasteiger partial charge in [-0.05, 0) is 49.2 Å². The summed E-state index contributed by atoms with van der Waals surface area (Å²) in [6.45, 7) is 4.59. The number of rotatable bonds is 4. The summed E-state index contributed by atoms with van der Waals surface area (Å²) in [4.78, 5) is 14.5. The maximum absolute atomic E-state index is 12.8. The van der Waals surface area contributed by atoms with Gasteiger partial charge in [0.25, 0.3) is 5.91 Å². The van der Waals surface area contributed by atoms with Crippen LogP contribution in [0.15, 0.2) is 36.4 Å². The Labute approximate surface area is 142 Å². The number of carbonyl (C=O) groups excluding carboxylic acids is 1. The molecule has 1 atom stereocenters. The van der Waals surface area contributed by atoms with Gasteiger partial charge in [0, 0.05) is 13.0 Å². The lowest BCUT2D eigenvalue weighted by Crippen LogP contribution is -2.46. The molecule has 5 heteroatoms. The number of methoxy groups -OCH3 is 1.